The lowest BCUT2D eigenvalue weighted by Gasteiger charge is -2.26. The average Bonchev–Trinajstić information content (AvgIpc) is 2.81. The van der Waals surface area contributed by atoms with Crippen molar-refractivity contribution in [3.63, 3.8) is 0 Å². The van der Waals surface area contributed by atoms with Crippen LogP contribution in [0.1, 0.15) is 15.2 Å². The summed E-state index contributed by atoms with van der Waals surface area (Å²) < 4.78 is 1.45. The largest absolute Gasteiger partial charge is 0.336 e. The fourth-order valence-electron chi connectivity index (χ4n) is 2.32. The minimum Gasteiger partial charge on any atom is -0.336 e. The summed E-state index contributed by atoms with van der Waals surface area (Å²) in [6, 6.07) is 0. The molecule has 0 radical (unpaired) electrons. The van der Waals surface area contributed by atoms with Crippen molar-refractivity contribution in [1.82, 2.24) is 14.5 Å². The fraction of sp³-hybridized carbons (Fsp3) is 0.462. The van der Waals surface area contributed by atoms with E-state index in [4.69, 9.17) is 0 Å². The van der Waals surface area contributed by atoms with Gasteiger partial charge < -0.3 is 9.47 Å². The van der Waals surface area contributed by atoms with E-state index in [1.807, 2.05) is 23.6 Å². The first kappa shape index (κ1) is 13.6. The summed E-state index contributed by atoms with van der Waals surface area (Å²) in [6.07, 6.45) is 1.51. The topological polar surface area (TPSA) is 55.2 Å². The van der Waals surface area contributed by atoms with Crippen LogP contribution in [0.4, 0.5) is 0 Å². The number of aromatic nitrogens is 2. The molecule has 0 spiro atoms. The molecule has 0 atom stereocenters. The maximum atomic E-state index is 12.6. The van der Waals surface area contributed by atoms with Crippen molar-refractivity contribution in [2.24, 2.45) is 7.05 Å². The van der Waals surface area contributed by atoms with Gasteiger partial charge in [0.25, 0.3) is 11.5 Å². The van der Waals surface area contributed by atoms with Gasteiger partial charge in [0.2, 0.25) is 0 Å². The van der Waals surface area contributed by atoms with Gasteiger partial charge in [-0.25, -0.2) is 4.98 Å². The summed E-state index contributed by atoms with van der Waals surface area (Å²) in [6.45, 7) is 3.40. The highest BCUT2D eigenvalue weighted by atomic mass is 32.2. The van der Waals surface area contributed by atoms with E-state index in [2.05, 4.69) is 4.98 Å². The Balaban J connectivity index is 2.08. The van der Waals surface area contributed by atoms with Crippen LogP contribution in [0, 0.1) is 6.92 Å². The number of amides is 1. The Morgan fingerprint density at radius 1 is 1.35 bits per heavy atom. The van der Waals surface area contributed by atoms with Crippen LogP contribution in [0.25, 0.3) is 10.2 Å². The van der Waals surface area contributed by atoms with Gasteiger partial charge in [-0.15, -0.1) is 11.3 Å². The Bertz CT molecular complexity index is 729. The molecule has 106 valence electrons. The second-order valence-electron chi connectivity index (χ2n) is 4.80. The summed E-state index contributed by atoms with van der Waals surface area (Å²) >= 11 is 3.19. The molecule has 0 aliphatic carbocycles. The van der Waals surface area contributed by atoms with Crippen molar-refractivity contribution < 1.29 is 4.79 Å². The van der Waals surface area contributed by atoms with Crippen molar-refractivity contribution in [3.05, 3.63) is 27.1 Å². The third kappa shape index (κ3) is 2.14. The summed E-state index contributed by atoms with van der Waals surface area (Å²) in [4.78, 5) is 32.2. The molecular formula is C13H15N3O2S2. The molecule has 1 fully saturated rings. The van der Waals surface area contributed by atoms with E-state index in [9.17, 15) is 9.59 Å². The van der Waals surface area contributed by atoms with Crippen LogP contribution in [0.5, 0.6) is 0 Å². The van der Waals surface area contributed by atoms with E-state index in [1.165, 1.54) is 22.2 Å². The maximum Gasteiger partial charge on any atom is 0.264 e. The first-order chi connectivity index (χ1) is 9.59. The molecule has 3 rings (SSSR count). The molecule has 20 heavy (non-hydrogen) atoms. The predicted octanol–water partition coefficient (Wildman–Crippen LogP) is 1.49. The minimum absolute atomic E-state index is 0.0350. The first-order valence-corrected chi connectivity index (χ1v) is 8.38. The lowest BCUT2D eigenvalue weighted by atomic mass is 10.2. The number of carbonyl (C=O) groups is 1. The highest BCUT2D eigenvalue weighted by molar-refractivity contribution is 7.99. The molecule has 1 amide bonds. The smallest absolute Gasteiger partial charge is 0.264 e. The van der Waals surface area contributed by atoms with Crippen molar-refractivity contribution in [2.75, 3.05) is 24.6 Å². The van der Waals surface area contributed by atoms with Gasteiger partial charge in [0, 0.05) is 31.6 Å². The van der Waals surface area contributed by atoms with Gasteiger partial charge in [0.1, 0.15) is 4.83 Å². The van der Waals surface area contributed by atoms with Crippen LogP contribution in [-0.4, -0.2) is 45.0 Å². The normalized spacial score (nSPS) is 15.8. The van der Waals surface area contributed by atoms with E-state index < -0.39 is 0 Å². The molecule has 0 aromatic carbocycles. The third-order valence-electron chi connectivity index (χ3n) is 3.50. The monoisotopic (exact) mass is 309 g/mol. The van der Waals surface area contributed by atoms with Gasteiger partial charge in [-0.05, 0) is 12.5 Å². The molecule has 3 heterocycles. The Labute approximate surface area is 124 Å². The molecule has 7 heteroatoms. The molecule has 0 N–H and O–H groups in total. The summed E-state index contributed by atoms with van der Waals surface area (Å²) in [5.41, 5.74) is 0.680. The third-order valence-corrected chi connectivity index (χ3v) is 5.63. The van der Waals surface area contributed by atoms with Crippen LogP contribution < -0.4 is 5.56 Å². The quantitative estimate of drug-likeness (QED) is 0.801. The van der Waals surface area contributed by atoms with Crippen molar-refractivity contribution in [1.29, 1.82) is 0 Å². The summed E-state index contributed by atoms with van der Waals surface area (Å²) in [5.74, 6) is 2.00. The molecule has 0 unspecified atom stereocenters. The minimum atomic E-state index is -0.0861. The van der Waals surface area contributed by atoms with E-state index in [-0.39, 0.29) is 11.5 Å². The van der Waals surface area contributed by atoms with Crippen molar-refractivity contribution in [2.45, 2.75) is 6.92 Å². The molecule has 1 aliphatic rings. The highest BCUT2D eigenvalue weighted by Crippen LogP contribution is 2.28. The van der Waals surface area contributed by atoms with E-state index >= 15 is 0 Å². The lowest BCUT2D eigenvalue weighted by Crippen LogP contribution is -2.37. The molecule has 1 saturated heterocycles. The van der Waals surface area contributed by atoms with E-state index in [0.717, 1.165) is 30.2 Å². The molecule has 2 aromatic rings. The number of fused-ring (bicyclic) bond motifs is 1. The number of hydrogen-bond acceptors (Lipinski definition) is 5. The molecule has 0 saturated carbocycles. The number of nitrogens with zero attached hydrogens (tertiary/aromatic N) is 3. The van der Waals surface area contributed by atoms with Gasteiger partial charge in [0.05, 0.1) is 16.6 Å². The number of carbonyl (C=O) groups excluding carboxylic acids is 1. The molecular weight excluding hydrogens is 294 g/mol. The molecule has 5 nitrogen and oxygen atoms in total. The van der Waals surface area contributed by atoms with Gasteiger partial charge >= 0.3 is 0 Å². The SMILES string of the molecule is Cc1c(C(=O)N2CCSCC2)sc2ncn(C)c(=O)c12. The lowest BCUT2D eigenvalue weighted by molar-refractivity contribution is 0.0776. The van der Waals surface area contributed by atoms with Crippen LogP contribution in [0.2, 0.25) is 0 Å². The zero-order chi connectivity index (χ0) is 14.3. The second-order valence-corrected chi connectivity index (χ2v) is 7.03. The zero-order valence-corrected chi connectivity index (χ0v) is 13.0. The zero-order valence-electron chi connectivity index (χ0n) is 11.4. The van der Waals surface area contributed by atoms with Crippen LogP contribution in [-0.2, 0) is 7.05 Å². The van der Waals surface area contributed by atoms with Gasteiger partial charge in [-0.3, -0.25) is 9.59 Å². The standard InChI is InChI=1S/C13H15N3O2S2/c1-8-9-11(14-7-15(2)12(9)17)20-10(8)13(18)16-3-5-19-6-4-16/h7H,3-6H2,1-2H3. The average molecular weight is 309 g/mol. The molecule has 0 bridgehead atoms. The Morgan fingerprint density at radius 2 is 2.05 bits per heavy atom. The van der Waals surface area contributed by atoms with E-state index in [1.54, 1.807) is 7.05 Å². The number of aryl methyl sites for hydroxylation is 2. The van der Waals surface area contributed by atoms with Gasteiger partial charge in [0.15, 0.2) is 0 Å². The summed E-state index contributed by atoms with van der Waals surface area (Å²) in [7, 11) is 1.68. The number of rotatable bonds is 1. The Kier molecular flexibility index (Phi) is 3.55. The number of thioether (sulfide) groups is 1. The van der Waals surface area contributed by atoms with Crippen molar-refractivity contribution in [3.8, 4) is 0 Å². The number of hydrogen-bond donors (Lipinski definition) is 0. The fourth-order valence-corrected chi connectivity index (χ4v) is 4.33. The molecule has 2 aromatic heterocycles. The van der Waals surface area contributed by atoms with Gasteiger partial charge in [-0.1, -0.05) is 0 Å². The van der Waals surface area contributed by atoms with Crippen LogP contribution in [0.15, 0.2) is 11.1 Å². The maximum absolute atomic E-state index is 12.6. The first-order valence-electron chi connectivity index (χ1n) is 6.41. The molecule has 1 aliphatic heterocycles. The summed E-state index contributed by atoms with van der Waals surface area (Å²) in [5, 5.41) is 0.578. The second kappa shape index (κ2) is 5.21. The van der Waals surface area contributed by atoms with Crippen molar-refractivity contribution >= 4 is 39.2 Å². The van der Waals surface area contributed by atoms with Crippen LogP contribution in [0.3, 0.4) is 0 Å². The predicted molar refractivity (Wildman–Crippen MR) is 82.8 cm³/mol. The van der Waals surface area contributed by atoms with Gasteiger partial charge in [-0.2, -0.15) is 11.8 Å². The Morgan fingerprint density at radius 3 is 2.75 bits per heavy atom. The number of thiophene rings is 1. The van der Waals surface area contributed by atoms with Crippen LogP contribution >= 0.6 is 23.1 Å². The van der Waals surface area contributed by atoms with E-state index in [0.29, 0.717) is 15.1 Å². The highest BCUT2D eigenvalue weighted by Gasteiger charge is 2.24. The Hall–Kier alpha value is -1.34.